The van der Waals surface area contributed by atoms with Crippen LogP contribution in [0.2, 0.25) is 0 Å². The summed E-state index contributed by atoms with van der Waals surface area (Å²) in [5.74, 6) is 1.18. The van der Waals surface area contributed by atoms with E-state index < -0.39 is 0 Å². The van der Waals surface area contributed by atoms with Crippen LogP contribution in [0.4, 0.5) is 5.82 Å². The molecule has 2 aliphatic heterocycles. The van der Waals surface area contributed by atoms with Crippen LogP contribution >= 0.6 is 11.8 Å². The molecule has 2 saturated heterocycles. The smallest absolute Gasteiger partial charge is 0.129 e. The van der Waals surface area contributed by atoms with Gasteiger partial charge < -0.3 is 10.2 Å². The summed E-state index contributed by atoms with van der Waals surface area (Å²) >= 11 is 1.96. The molecular weight excluding hydrogens is 254 g/mol. The SMILES string of the molecule is c1cc(SC2CCNCC2)nc(N2CCCCC2)c1. The van der Waals surface area contributed by atoms with E-state index in [1.807, 2.05) is 11.8 Å². The Morgan fingerprint density at radius 3 is 2.68 bits per heavy atom. The normalized spacial score (nSPS) is 21.6. The Morgan fingerprint density at radius 2 is 1.89 bits per heavy atom. The zero-order valence-electron chi connectivity index (χ0n) is 11.5. The van der Waals surface area contributed by atoms with Crippen LogP contribution in [0, 0.1) is 0 Å². The Bertz CT molecular complexity index is 398. The fourth-order valence-corrected chi connectivity index (χ4v) is 3.97. The van der Waals surface area contributed by atoms with Gasteiger partial charge >= 0.3 is 0 Å². The zero-order chi connectivity index (χ0) is 12.9. The molecule has 0 atom stereocenters. The van der Waals surface area contributed by atoms with Gasteiger partial charge in [0.25, 0.3) is 0 Å². The van der Waals surface area contributed by atoms with Gasteiger partial charge in [-0.15, -0.1) is 11.8 Å². The molecule has 104 valence electrons. The van der Waals surface area contributed by atoms with Crippen molar-refractivity contribution in [1.29, 1.82) is 0 Å². The van der Waals surface area contributed by atoms with E-state index in [9.17, 15) is 0 Å². The first-order valence-corrected chi connectivity index (χ1v) is 8.39. The van der Waals surface area contributed by atoms with Crippen molar-refractivity contribution >= 4 is 17.6 Å². The van der Waals surface area contributed by atoms with Crippen molar-refractivity contribution in [1.82, 2.24) is 10.3 Å². The molecular formula is C15H23N3S. The Balaban J connectivity index is 1.64. The zero-order valence-corrected chi connectivity index (χ0v) is 12.3. The van der Waals surface area contributed by atoms with Crippen molar-refractivity contribution in [3.63, 3.8) is 0 Å². The predicted molar refractivity (Wildman–Crippen MR) is 82.0 cm³/mol. The first kappa shape index (κ1) is 13.3. The molecule has 0 amide bonds. The van der Waals surface area contributed by atoms with Crippen molar-refractivity contribution in [2.75, 3.05) is 31.1 Å². The molecule has 1 N–H and O–H groups in total. The quantitative estimate of drug-likeness (QED) is 0.919. The maximum atomic E-state index is 4.86. The second kappa shape index (κ2) is 6.62. The highest BCUT2D eigenvalue weighted by Gasteiger charge is 2.16. The Labute approximate surface area is 120 Å². The number of thioether (sulfide) groups is 1. The minimum Gasteiger partial charge on any atom is -0.357 e. The number of aromatic nitrogens is 1. The summed E-state index contributed by atoms with van der Waals surface area (Å²) in [5.41, 5.74) is 0. The summed E-state index contributed by atoms with van der Waals surface area (Å²) in [4.78, 5) is 7.30. The minimum absolute atomic E-state index is 0.741. The fraction of sp³-hybridized carbons (Fsp3) is 0.667. The molecule has 19 heavy (non-hydrogen) atoms. The van der Waals surface area contributed by atoms with E-state index in [-0.39, 0.29) is 0 Å². The summed E-state index contributed by atoms with van der Waals surface area (Å²) in [7, 11) is 0. The van der Waals surface area contributed by atoms with Crippen LogP contribution < -0.4 is 10.2 Å². The van der Waals surface area contributed by atoms with E-state index in [0.29, 0.717) is 0 Å². The van der Waals surface area contributed by atoms with Crippen molar-refractivity contribution < 1.29 is 0 Å². The van der Waals surface area contributed by atoms with Crippen molar-refractivity contribution in [2.45, 2.75) is 42.4 Å². The summed E-state index contributed by atoms with van der Waals surface area (Å²) in [6.45, 7) is 4.66. The number of rotatable bonds is 3. The second-order valence-corrected chi connectivity index (χ2v) is 6.77. The number of hydrogen-bond acceptors (Lipinski definition) is 4. The summed E-state index contributed by atoms with van der Waals surface area (Å²) < 4.78 is 0. The molecule has 0 aliphatic carbocycles. The first-order chi connectivity index (χ1) is 9.42. The lowest BCUT2D eigenvalue weighted by Gasteiger charge is -2.28. The molecule has 0 spiro atoms. The highest BCUT2D eigenvalue weighted by atomic mass is 32.2. The molecule has 0 radical (unpaired) electrons. The number of anilines is 1. The number of pyridine rings is 1. The molecule has 3 heterocycles. The molecule has 0 bridgehead atoms. The number of nitrogens with one attached hydrogen (secondary N) is 1. The van der Waals surface area contributed by atoms with E-state index in [2.05, 4.69) is 28.4 Å². The van der Waals surface area contributed by atoms with Gasteiger partial charge in [0.05, 0.1) is 5.03 Å². The van der Waals surface area contributed by atoms with Gasteiger partial charge in [0, 0.05) is 18.3 Å². The third-order valence-electron chi connectivity index (χ3n) is 3.96. The Hall–Kier alpha value is -0.740. The maximum absolute atomic E-state index is 4.86. The van der Waals surface area contributed by atoms with Crippen molar-refractivity contribution in [3.8, 4) is 0 Å². The lowest BCUT2D eigenvalue weighted by Crippen LogP contribution is -2.30. The molecule has 3 rings (SSSR count). The summed E-state index contributed by atoms with van der Waals surface area (Å²) in [6, 6.07) is 6.50. The van der Waals surface area contributed by atoms with E-state index >= 15 is 0 Å². The number of nitrogens with zero attached hydrogens (tertiary/aromatic N) is 2. The van der Waals surface area contributed by atoms with E-state index in [4.69, 9.17) is 4.98 Å². The van der Waals surface area contributed by atoms with Crippen molar-refractivity contribution in [2.24, 2.45) is 0 Å². The average Bonchev–Trinajstić information content (AvgIpc) is 2.49. The van der Waals surface area contributed by atoms with Gasteiger partial charge in [-0.05, 0) is 57.3 Å². The van der Waals surface area contributed by atoms with Crippen LogP contribution in [0.15, 0.2) is 23.2 Å². The van der Waals surface area contributed by atoms with E-state index in [0.717, 1.165) is 18.3 Å². The topological polar surface area (TPSA) is 28.2 Å². The molecule has 2 aliphatic rings. The first-order valence-electron chi connectivity index (χ1n) is 7.51. The molecule has 1 aromatic rings. The second-order valence-electron chi connectivity index (χ2n) is 5.45. The summed E-state index contributed by atoms with van der Waals surface area (Å²) in [5, 5.41) is 5.37. The number of piperidine rings is 2. The van der Waals surface area contributed by atoms with Crippen molar-refractivity contribution in [3.05, 3.63) is 18.2 Å². The predicted octanol–water partition coefficient (Wildman–Crippen LogP) is 2.92. The van der Waals surface area contributed by atoms with E-state index in [1.54, 1.807) is 0 Å². The number of hydrogen-bond donors (Lipinski definition) is 1. The van der Waals surface area contributed by atoms with Crippen LogP contribution in [0.1, 0.15) is 32.1 Å². The lowest BCUT2D eigenvalue weighted by atomic mass is 10.1. The molecule has 4 heteroatoms. The standard InChI is InChI=1S/C15H23N3S/c1-2-11-18(12-3-1)14-5-4-6-15(17-14)19-13-7-9-16-10-8-13/h4-6,13,16H,1-3,7-12H2. The molecule has 1 aromatic heterocycles. The van der Waals surface area contributed by atoms with Crippen LogP contribution in [0.25, 0.3) is 0 Å². The largest absolute Gasteiger partial charge is 0.357 e. The van der Waals surface area contributed by atoms with Gasteiger partial charge in [-0.1, -0.05) is 6.07 Å². The lowest BCUT2D eigenvalue weighted by molar-refractivity contribution is 0.531. The average molecular weight is 277 g/mol. The monoisotopic (exact) mass is 277 g/mol. The van der Waals surface area contributed by atoms with Crippen LogP contribution in [-0.2, 0) is 0 Å². The van der Waals surface area contributed by atoms with Gasteiger partial charge in [0.2, 0.25) is 0 Å². The molecule has 0 saturated carbocycles. The van der Waals surface area contributed by atoms with Gasteiger partial charge in [0.15, 0.2) is 0 Å². The van der Waals surface area contributed by atoms with Crippen LogP contribution in [-0.4, -0.2) is 36.4 Å². The highest BCUT2D eigenvalue weighted by Crippen LogP contribution is 2.29. The Kier molecular flexibility index (Phi) is 4.62. The maximum Gasteiger partial charge on any atom is 0.129 e. The molecule has 3 nitrogen and oxygen atoms in total. The minimum atomic E-state index is 0.741. The third kappa shape index (κ3) is 3.63. The van der Waals surface area contributed by atoms with Gasteiger partial charge in [-0.2, -0.15) is 0 Å². The highest BCUT2D eigenvalue weighted by molar-refractivity contribution is 7.99. The fourth-order valence-electron chi connectivity index (χ4n) is 2.85. The van der Waals surface area contributed by atoms with Gasteiger partial charge in [-0.3, -0.25) is 0 Å². The third-order valence-corrected chi connectivity index (χ3v) is 5.24. The summed E-state index contributed by atoms with van der Waals surface area (Å²) in [6.07, 6.45) is 6.53. The van der Waals surface area contributed by atoms with Gasteiger partial charge in [0.1, 0.15) is 5.82 Å². The molecule has 0 unspecified atom stereocenters. The molecule has 0 aromatic carbocycles. The van der Waals surface area contributed by atoms with Gasteiger partial charge in [-0.25, -0.2) is 4.98 Å². The van der Waals surface area contributed by atoms with E-state index in [1.165, 1.54) is 56.0 Å². The van der Waals surface area contributed by atoms with Crippen LogP contribution in [0.5, 0.6) is 0 Å². The van der Waals surface area contributed by atoms with Crippen LogP contribution in [0.3, 0.4) is 0 Å². The molecule has 2 fully saturated rings. The Morgan fingerprint density at radius 1 is 1.11 bits per heavy atom.